The van der Waals surface area contributed by atoms with Gasteiger partial charge in [0.2, 0.25) is 11.9 Å². The number of anilines is 2. The number of benzene rings is 2. The highest BCUT2D eigenvalue weighted by atomic mass is 19.4. The summed E-state index contributed by atoms with van der Waals surface area (Å²) in [6.45, 7) is 0.0265. The minimum atomic E-state index is -4.37. The Balaban J connectivity index is 1.79. The van der Waals surface area contributed by atoms with Gasteiger partial charge in [0.1, 0.15) is 0 Å². The maximum Gasteiger partial charge on any atom is 0.416 e. The van der Waals surface area contributed by atoms with E-state index in [9.17, 15) is 18.3 Å². The van der Waals surface area contributed by atoms with Crippen molar-refractivity contribution >= 4 is 11.9 Å². The molecular weight excluding hydrogens is 359 g/mol. The van der Waals surface area contributed by atoms with E-state index in [0.717, 1.165) is 12.1 Å². The molecule has 1 aromatic heterocycles. The smallest absolute Gasteiger partial charge is 0.392 e. The van der Waals surface area contributed by atoms with Gasteiger partial charge in [0.15, 0.2) is 5.82 Å². The van der Waals surface area contributed by atoms with Crippen molar-refractivity contribution in [2.24, 2.45) is 0 Å². The van der Waals surface area contributed by atoms with Gasteiger partial charge in [-0.05, 0) is 23.3 Å². The van der Waals surface area contributed by atoms with E-state index >= 15 is 0 Å². The van der Waals surface area contributed by atoms with Crippen LogP contribution in [0.25, 0.3) is 11.4 Å². The number of aliphatic hydroxyl groups excluding tert-OH is 1. The molecule has 3 rings (SSSR count). The van der Waals surface area contributed by atoms with Gasteiger partial charge in [-0.25, -0.2) is 0 Å². The molecule has 0 spiro atoms. The lowest BCUT2D eigenvalue weighted by atomic mass is 10.1. The molecule has 0 aliphatic rings. The van der Waals surface area contributed by atoms with Crippen molar-refractivity contribution in [2.75, 3.05) is 11.1 Å². The summed E-state index contributed by atoms with van der Waals surface area (Å²) in [6, 6.07) is 11.8. The van der Waals surface area contributed by atoms with Crippen molar-refractivity contribution in [2.45, 2.75) is 19.3 Å². The number of alkyl halides is 3. The van der Waals surface area contributed by atoms with Gasteiger partial charge < -0.3 is 16.2 Å². The Morgan fingerprint density at radius 2 is 1.67 bits per heavy atom. The van der Waals surface area contributed by atoms with Crippen molar-refractivity contribution < 1.29 is 18.3 Å². The zero-order valence-corrected chi connectivity index (χ0v) is 14.0. The third kappa shape index (κ3) is 4.50. The van der Waals surface area contributed by atoms with Gasteiger partial charge in [0, 0.05) is 12.1 Å². The van der Waals surface area contributed by atoms with Crippen molar-refractivity contribution in [3.8, 4) is 11.4 Å². The Bertz CT molecular complexity index is 929. The van der Waals surface area contributed by atoms with E-state index in [2.05, 4.69) is 20.3 Å². The summed E-state index contributed by atoms with van der Waals surface area (Å²) < 4.78 is 37.8. The van der Waals surface area contributed by atoms with Crippen LogP contribution in [-0.4, -0.2) is 20.1 Å². The first-order valence-electron chi connectivity index (χ1n) is 7.97. The number of nitrogens with zero attached hydrogens (tertiary/aromatic N) is 3. The molecular formula is C18H16F3N5O. The van der Waals surface area contributed by atoms with E-state index in [0.29, 0.717) is 22.5 Å². The highest BCUT2D eigenvalue weighted by Gasteiger charge is 2.29. The first-order chi connectivity index (χ1) is 12.9. The van der Waals surface area contributed by atoms with Crippen molar-refractivity contribution in [1.82, 2.24) is 15.0 Å². The number of nitrogens with two attached hydrogens (primary N) is 1. The number of rotatable bonds is 5. The molecule has 0 bridgehead atoms. The van der Waals surface area contributed by atoms with Crippen molar-refractivity contribution in [1.29, 1.82) is 0 Å². The highest BCUT2D eigenvalue weighted by Crippen LogP contribution is 2.29. The van der Waals surface area contributed by atoms with Crippen molar-refractivity contribution in [3.63, 3.8) is 0 Å². The van der Waals surface area contributed by atoms with E-state index in [1.807, 2.05) is 0 Å². The van der Waals surface area contributed by atoms with Crippen LogP contribution < -0.4 is 11.1 Å². The van der Waals surface area contributed by atoms with Crippen LogP contribution in [0.3, 0.4) is 0 Å². The fraction of sp³-hybridized carbons (Fsp3) is 0.167. The summed E-state index contributed by atoms with van der Waals surface area (Å²) in [7, 11) is 0. The van der Waals surface area contributed by atoms with Crippen molar-refractivity contribution in [3.05, 3.63) is 65.2 Å². The molecule has 0 radical (unpaired) electrons. The molecule has 0 aliphatic heterocycles. The van der Waals surface area contributed by atoms with Gasteiger partial charge in [0.25, 0.3) is 0 Å². The van der Waals surface area contributed by atoms with E-state index in [4.69, 9.17) is 5.73 Å². The minimum absolute atomic E-state index is 0.0114. The Labute approximate surface area is 152 Å². The fourth-order valence-electron chi connectivity index (χ4n) is 2.46. The summed E-state index contributed by atoms with van der Waals surface area (Å²) >= 11 is 0. The number of aromatic nitrogens is 3. The van der Waals surface area contributed by atoms with Gasteiger partial charge in [-0.1, -0.05) is 36.4 Å². The Morgan fingerprint density at radius 3 is 2.33 bits per heavy atom. The van der Waals surface area contributed by atoms with Crippen LogP contribution in [0.4, 0.5) is 25.1 Å². The highest BCUT2D eigenvalue weighted by molar-refractivity contribution is 5.62. The zero-order chi connectivity index (χ0) is 19.4. The summed E-state index contributed by atoms with van der Waals surface area (Å²) in [5.41, 5.74) is 6.90. The second-order valence-electron chi connectivity index (χ2n) is 5.70. The molecule has 1 heterocycles. The molecule has 3 aromatic rings. The van der Waals surface area contributed by atoms with Gasteiger partial charge in [0.05, 0.1) is 12.2 Å². The van der Waals surface area contributed by atoms with E-state index in [-0.39, 0.29) is 25.0 Å². The molecule has 0 saturated heterocycles. The molecule has 6 nitrogen and oxygen atoms in total. The zero-order valence-electron chi connectivity index (χ0n) is 14.0. The fourth-order valence-corrected chi connectivity index (χ4v) is 2.46. The first kappa shape index (κ1) is 18.6. The summed E-state index contributed by atoms with van der Waals surface area (Å²) in [6.07, 6.45) is -4.37. The Hall–Kier alpha value is -3.20. The lowest BCUT2D eigenvalue weighted by molar-refractivity contribution is -0.137. The maximum atomic E-state index is 12.6. The van der Waals surface area contributed by atoms with Gasteiger partial charge in [-0.15, -0.1) is 0 Å². The molecule has 2 aromatic carbocycles. The van der Waals surface area contributed by atoms with Crippen LogP contribution >= 0.6 is 0 Å². The lowest BCUT2D eigenvalue weighted by Gasteiger charge is -2.10. The molecule has 0 amide bonds. The summed E-state index contributed by atoms with van der Waals surface area (Å²) in [4.78, 5) is 12.4. The van der Waals surface area contributed by atoms with Crippen LogP contribution in [0.15, 0.2) is 48.5 Å². The second-order valence-corrected chi connectivity index (χ2v) is 5.70. The monoisotopic (exact) mass is 375 g/mol. The largest absolute Gasteiger partial charge is 0.416 e. The summed E-state index contributed by atoms with van der Waals surface area (Å²) in [5, 5.41) is 12.4. The quantitative estimate of drug-likeness (QED) is 0.633. The number of aliphatic hydroxyl groups is 1. The normalized spacial score (nSPS) is 11.4. The molecule has 0 atom stereocenters. The van der Waals surface area contributed by atoms with E-state index < -0.39 is 11.7 Å². The third-order valence-corrected chi connectivity index (χ3v) is 3.81. The number of nitrogens with one attached hydrogen (secondary N) is 1. The molecule has 9 heteroatoms. The number of halogens is 3. The topological polar surface area (TPSA) is 97.0 Å². The van der Waals surface area contributed by atoms with Gasteiger partial charge in [-0.2, -0.15) is 28.1 Å². The number of hydrogen-bond acceptors (Lipinski definition) is 6. The van der Waals surface area contributed by atoms with E-state index in [1.54, 1.807) is 24.3 Å². The molecule has 0 aliphatic carbocycles. The Morgan fingerprint density at radius 1 is 0.963 bits per heavy atom. The summed E-state index contributed by atoms with van der Waals surface area (Å²) in [5.74, 6) is 0.467. The van der Waals surface area contributed by atoms with Gasteiger partial charge in [-0.3, -0.25) is 0 Å². The standard InChI is InChI=1S/C18H16F3N5O/c19-18(20,21)13-7-5-11(6-8-13)9-23-17-25-15(24-16(22)26-17)14-4-2-1-3-12(14)10-27/h1-8,27H,9-10H2,(H3,22,23,24,25,26). The van der Waals surface area contributed by atoms with Crippen LogP contribution in [0.1, 0.15) is 16.7 Å². The Kier molecular flexibility index (Phi) is 5.22. The lowest BCUT2D eigenvalue weighted by Crippen LogP contribution is -2.09. The third-order valence-electron chi connectivity index (χ3n) is 3.81. The SMILES string of the molecule is Nc1nc(NCc2ccc(C(F)(F)F)cc2)nc(-c2ccccc2CO)n1. The molecule has 0 saturated carbocycles. The van der Waals surface area contributed by atoms with Gasteiger partial charge >= 0.3 is 6.18 Å². The van der Waals surface area contributed by atoms with Crippen LogP contribution in [0.2, 0.25) is 0 Å². The van der Waals surface area contributed by atoms with Crippen LogP contribution in [0.5, 0.6) is 0 Å². The molecule has 4 N–H and O–H groups in total. The molecule has 0 fully saturated rings. The number of nitrogen functional groups attached to an aromatic ring is 1. The maximum absolute atomic E-state index is 12.6. The predicted molar refractivity (Wildman–Crippen MR) is 94.4 cm³/mol. The van der Waals surface area contributed by atoms with E-state index in [1.165, 1.54) is 12.1 Å². The van der Waals surface area contributed by atoms with Crippen LogP contribution in [-0.2, 0) is 19.3 Å². The minimum Gasteiger partial charge on any atom is -0.392 e. The first-order valence-corrected chi connectivity index (χ1v) is 7.97. The average Bonchev–Trinajstić information content (AvgIpc) is 2.65. The second kappa shape index (κ2) is 7.58. The average molecular weight is 375 g/mol. The molecule has 0 unspecified atom stereocenters. The van der Waals surface area contributed by atoms with Crippen LogP contribution in [0, 0.1) is 0 Å². The molecule has 27 heavy (non-hydrogen) atoms. The predicted octanol–water partition coefficient (Wildman–Crippen LogP) is 3.24. The number of hydrogen-bond donors (Lipinski definition) is 3. The molecule has 140 valence electrons.